The van der Waals surface area contributed by atoms with Crippen molar-refractivity contribution in [3.8, 4) is 5.69 Å². The highest BCUT2D eigenvalue weighted by Gasteiger charge is 2.05. The molecular formula is C12H14F2N4. The van der Waals surface area contributed by atoms with Crippen LogP contribution in [0.5, 0.6) is 0 Å². The average Bonchev–Trinajstić information content (AvgIpc) is 2.77. The minimum Gasteiger partial charge on any atom is -0.311 e. The van der Waals surface area contributed by atoms with E-state index in [0.717, 1.165) is 24.7 Å². The van der Waals surface area contributed by atoms with Gasteiger partial charge in [-0.2, -0.15) is 0 Å². The molecule has 0 saturated carbocycles. The molecule has 1 aromatic carbocycles. The van der Waals surface area contributed by atoms with Gasteiger partial charge in [-0.1, -0.05) is 12.1 Å². The molecule has 0 saturated heterocycles. The third-order valence-corrected chi connectivity index (χ3v) is 2.39. The number of aromatic nitrogens is 3. The zero-order valence-corrected chi connectivity index (χ0v) is 10.0. The summed E-state index contributed by atoms with van der Waals surface area (Å²) in [4.78, 5) is 0. The lowest BCUT2D eigenvalue weighted by Crippen LogP contribution is -2.13. The van der Waals surface area contributed by atoms with Crippen LogP contribution in [-0.2, 0) is 6.54 Å². The Kier molecular flexibility index (Phi) is 3.99. The quantitative estimate of drug-likeness (QED) is 0.828. The van der Waals surface area contributed by atoms with E-state index in [4.69, 9.17) is 0 Å². The van der Waals surface area contributed by atoms with E-state index in [1.807, 2.05) is 0 Å². The van der Waals surface area contributed by atoms with Crippen molar-refractivity contribution in [1.82, 2.24) is 20.3 Å². The van der Waals surface area contributed by atoms with Gasteiger partial charge in [0.15, 0.2) is 0 Å². The maximum atomic E-state index is 13.1. The molecule has 1 heterocycles. The molecule has 0 aliphatic carbocycles. The fourth-order valence-electron chi connectivity index (χ4n) is 1.57. The van der Waals surface area contributed by atoms with Gasteiger partial charge in [0.1, 0.15) is 11.6 Å². The van der Waals surface area contributed by atoms with Crippen LogP contribution in [0.2, 0.25) is 0 Å². The Balaban J connectivity index is 2.13. The van der Waals surface area contributed by atoms with Gasteiger partial charge in [-0.05, 0) is 25.1 Å². The van der Waals surface area contributed by atoms with E-state index >= 15 is 0 Å². The van der Waals surface area contributed by atoms with E-state index in [0.29, 0.717) is 12.2 Å². The standard InChI is InChI=1S/C12H14F2N4/c1-2-3-15-7-11-8-18(17-16-11)12-5-9(13)4-10(14)6-12/h4-6,8,15H,2-3,7H2,1H3. The van der Waals surface area contributed by atoms with Crippen LogP contribution in [0.3, 0.4) is 0 Å². The number of hydrogen-bond donors (Lipinski definition) is 1. The molecule has 4 nitrogen and oxygen atoms in total. The number of halogens is 2. The summed E-state index contributed by atoms with van der Waals surface area (Å²) in [6, 6.07) is 3.24. The van der Waals surface area contributed by atoms with E-state index < -0.39 is 11.6 Å². The van der Waals surface area contributed by atoms with Crippen LogP contribution in [0.15, 0.2) is 24.4 Å². The molecule has 2 rings (SSSR count). The van der Waals surface area contributed by atoms with Crippen LogP contribution < -0.4 is 5.32 Å². The van der Waals surface area contributed by atoms with Crippen molar-refractivity contribution in [2.75, 3.05) is 6.54 Å². The van der Waals surface area contributed by atoms with E-state index in [1.54, 1.807) is 6.20 Å². The maximum Gasteiger partial charge on any atom is 0.128 e. The van der Waals surface area contributed by atoms with E-state index in [9.17, 15) is 8.78 Å². The minimum atomic E-state index is -0.633. The molecule has 0 atom stereocenters. The predicted octanol–water partition coefficient (Wildman–Crippen LogP) is 2.05. The molecule has 0 aliphatic rings. The Morgan fingerprint density at radius 2 is 1.94 bits per heavy atom. The fraction of sp³-hybridized carbons (Fsp3) is 0.333. The van der Waals surface area contributed by atoms with Crippen molar-refractivity contribution in [3.05, 3.63) is 41.7 Å². The van der Waals surface area contributed by atoms with E-state index in [1.165, 1.54) is 16.8 Å². The Labute approximate surface area is 104 Å². The van der Waals surface area contributed by atoms with Crippen LogP contribution in [0, 0.1) is 11.6 Å². The van der Waals surface area contributed by atoms with E-state index in [2.05, 4.69) is 22.6 Å². The second-order valence-corrected chi connectivity index (χ2v) is 3.96. The second-order valence-electron chi connectivity index (χ2n) is 3.96. The van der Waals surface area contributed by atoms with Gasteiger partial charge in [0.05, 0.1) is 17.6 Å². The van der Waals surface area contributed by atoms with Crippen molar-refractivity contribution in [1.29, 1.82) is 0 Å². The van der Waals surface area contributed by atoms with Crippen molar-refractivity contribution in [2.45, 2.75) is 19.9 Å². The fourth-order valence-corrected chi connectivity index (χ4v) is 1.57. The molecule has 96 valence electrons. The summed E-state index contributed by atoms with van der Waals surface area (Å²) in [6.45, 7) is 3.55. The first kappa shape index (κ1) is 12.6. The summed E-state index contributed by atoms with van der Waals surface area (Å²) in [5.41, 5.74) is 1.05. The van der Waals surface area contributed by atoms with Crippen molar-refractivity contribution in [2.24, 2.45) is 0 Å². The molecule has 0 unspecified atom stereocenters. The number of hydrogen-bond acceptors (Lipinski definition) is 3. The number of rotatable bonds is 5. The third-order valence-electron chi connectivity index (χ3n) is 2.39. The van der Waals surface area contributed by atoms with Gasteiger partial charge in [0.25, 0.3) is 0 Å². The lowest BCUT2D eigenvalue weighted by Gasteiger charge is -2.00. The van der Waals surface area contributed by atoms with Crippen LogP contribution in [-0.4, -0.2) is 21.5 Å². The van der Waals surface area contributed by atoms with Gasteiger partial charge in [-0.15, -0.1) is 5.10 Å². The number of nitrogens with one attached hydrogen (secondary N) is 1. The van der Waals surface area contributed by atoms with Crippen LogP contribution >= 0.6 is 0 Å². The second kappa shape index (κ2) is 5.68. The Bertz CT molecular complexity index is 504. The van der Waals surface area contributed by atoms with Crippen LogP contribution in [0.1, 0.15) is 19.0 Å². The lowest BCUT2D eigenvalue weighted by atomic mass is 10.3. The molecule has 0 bridgehead atoms. The van der Waals surface area contributed by atoms with Gasteiger partial charge in [-0.3, -0.25) is 0 Å². The topological polar surface area (TPSA) is 42.7 Å². The minimum absolute atomic E-state index is 0.321. The monoisotopic (exact) mass is 252 g/mol. The summed E-state index contributed by atoms with van der Waals surface area (Å²) >= 11 is 0. The average molecular weight is 252 g/mol. The third kappa shape index (κ3) is 3.10. The highest BCUT2D eigenvalue weighted by atomic mass is 19.1. The van der Waals surface area contributed by atoms with Crippen molar-refractivity contribution in [3.63, 3.8) is 0 Å². The normalized spacial score (nSPS) is 10.8. The van der Waals surface area contributed by atoms with Gasteiger partial charge in [-0.25, -0.2) is 13.5 Å². The molecule has 2 aromatic rings. The largest absolute Gasteiger partial charge is 0.311 e. The van der Waals surface area contributed by atoms with Crippen LogP contribution in [0.4, 0.5) is 8.78 Å². The SMILES string of the molecule is CCCNCc1cn(-c2cc(F)cc(F)c2)nn1. The van der Waals surface area contributed by atoms with Crippen LogP contribution in [0.25, 0.3) is 5.69 Å². The molecule has 0 aliphatic heterocycles. The molecule has 0 spiro atoms. The number of benzene rings is 1. The summed E-state index contributed by atoms with van der Waals surface area (Å²) in [5, 5.41) is 10.9. The lowest BCUT2D eigenvalue weighted by molar-refractivity contribution is 0.579. The molecule has 18 heavy (non-hydrogen) atoms. The number of nitrogens with zero attached hydrogens (tertiary/aromatic N) is 3. The first-order valence-electron chi connectivity index (χ1n) is 5.77. The summed E-state index contributed by atoms with van der Waals surface area (Å²) < 4.78 is 27.5. The Morgan fingerprint density at radius 1 is 1.22 bits per heavy atom. The maximum absolute atomic E-state index is 13.1. The predicted molar refractivity (Wildman–Crippen MR) is 63.3 cm³/mol. The first-order chi connectivity index (χ1) is 8.69. The zero-order chi connectivity index (χ0) is 13.0. The smallest absolute Gasteiger partial charge is 0.128 e. The van der Waals surface area contributed by atoms with E-state index in [-0.39, 0.29) is 0 Å². The van der Waals surface area contributed by atoms with Gasteiger partial charge >= 0.3 is 0 Å². The Hall–Kier alpha value is -1.82. The molecule has 1 aromatic heterocycles. The van der Waals surface area contributed by atoms with Gasteiger partial charge in [0.2, 0.25) is 0 Å². The molecule has 0 fully saturated rings. The molecule has 6 heteroatoms. The highest BCUT2D eigenvalue weighted by molar-refractivity contribution is 5.31. The summed E-state index contributed by atoms with van der Waals surface area (Å²) in [5.74, 6) is -1.27. The summed E-state index contributed by atoms with van der Waals surface area (Å²) in [6.07, 6.45) is 2.68. The summed E-state index contributed by atoms with van der Waals surface area (Å²) in [7, 11) is 0. The van der Waals surface area contributed by atoms with Gasteiger partial charge in [0, 0.05) is 12.6 Å². The first-order valence-corrected chi connectivity index (χ1v) is 5.77. The highest BCUT2D eigenvalue weighted by Crippen LogP contribution is 2.11. The van der Waals surface area contributed by atoms with Crippen molar-refractivity contribution >= 4 is 0 Å². The zero-order valence-electron chi connectivity index (χ0n) is 10.0. The molecule has 0 amide bonds. The molecule has 1 N–H and O–H groups in total. The molecular weight excluding hydrogens is 238 g/mol. The van der Waals surface area contributed by atoms with Gasteiger partial charge < -0.3 is 5.32 Å². The Morgan fingerprint density at radius 3 is 2.61 bits per heavy atom. The van der Waals surface area contributed by atoms with Crippen molar-refractivity contribution < 1.29 is 8.78 Å². The molecule has 0 radical (unpaired) electrons.